The van der Waals surface area contributed by atoms with E-state index in [2.05, 4.69) is 21.2 Å². The fraction of sp³-hybridized carbons (Fsp3) is 0.556. The number of phenolic OH excluding ortho intramolecular Hbond substituents is 1. The average Bonchev–Trinajstić information content (AvgIpc) is 3.41. The van der Waals surface area contributed by atoms with Gasteiger partial charge in [0.2, 0.25) is 5.91 Å². The first-order valence-corrected chi connectivity index (χ1v) is 8.49. The molecule has 128 valence electrons. The smallest absolute Gasteiger partial charge is 0.235 e. The van der Waals surface area contributed by atoms with E-state index in [9.17, 15) is 15.2 Å². The van der Waals surface area contributed by atoms with E-state index in [0.717, 1.165) is 44.7 Å². The van der Waals surface area contributed by atoms with Gasteiger partial charge in [0.15, 0.2) is 0 Å². The molecule has 1 aliphatic heterocycles. The van der Waals surface area contributed by atoms with Gasteiger partial charge in [0.05, 0.1) is 12.6 Å². The van der Waals surface area contributed by atoms with Gasteiger partial charge in [-0.05, 0) is 49.9 Å². The molecule has 1 atom stereocenters. The van der Waals surface area contributed by atoms with Crippen molar-refractivity contribution < 1.29 is 9.90 Å². The fourth-order valence-electron chi connectivity index (χ4n) is 3.24. The van der Waals surface area contributed by atoms with E-state index >= 15 is 0 Å². The molecule has 6 heteroatoms. The Balaban J connectivity index is 1.47. The Morgan fingerprint density at radius 3 is 2.46 bits per heavy atom. The van der Waals surface area contributed by atoms with Gasteiger partial charge in [-0.2, -0.15) is 5.26 Å². The highest BCUT2D eigenvalue weighted by Gasteiger charge is 2.43. The van der Waals surface area contributed by atoms with Crippen molar-refractivity contribution in [3.05, 3.63) is 24.3 Å². The lowest BCUT2D eigenvalue weighted by atomic mass is 9.98. The summed E-state index contributed by atoms with van der Waals surface area (Å²) >= 11 is 0. The van der Waals surface area contributed by atoms with Crippen molar-refractivity contribution in [1.82, 2.24) is 10.2 Å². The molecule has 1 aliphatic carbocycles. The number of hydrogen-bond donors (Lipinski definition) is 2. The lowest BCUT2D eigenvalue weighted by Gasteiger charge is -2.36. The molecule has 1 amide bonds. The summed E-state index contributed by atoms with van der Waals surface area (Å²) in [4.78, 5) is 16.6. The van der Waals surface area contributed by atoms with Gasteiger partial charge in [-0.3, -0.25) is 9.69 Å². The van der Waals surface area contributed by atoms with E-state index in [1.54, 1.807) is 12.1 Å². The molecule has 1 aromatic rings. The first kappa shape index (κ1) is 16.6. The summed E-state index contributed by atoms with van der Waals surface area (Å²) in [5.41, 5.74) is 0.369. The summed E-state index contributed by atoms with van der Waals surface area (Å²) in [6.07, 6.45) is 2.05. The Hall–Kier alpha value is -2.26. The normalized spacial score (nSPS) is 20.9. The zero-order valence-corrected chi connectivity index (χ0v) is 14.0. The van der Waals surface area contributed by atoms with E-state index in [1.165, 1.54) is 0 Å². The highest BCUT2D eigenvalue weighted by molar-refractivity contribution is 5.79. The maximum atomic E-state index is 12.3. The van der Waals surface area contributed by atoms with Crippen LogP contribution in [0.3, 0.4) is 0 Å². The maximum absolute atomic E-state index is 12.3. The maximum Gasteiger partial charge on any atom is 0.235 e. The predicted octanol–water partition coefficient (Wildman–Crippen LogP) is 1.32. The van der Waals surface area contributed by atoms with Crippen LogP contribution in [0.25, 0.3) is 0 Å². The molecule has 2 fully saturated rings. The summed E-state index contributed by atoms with van der Waals surface area (Å²) in [6.45, 7) is 5.47. The zero-order chi connectivity index (χ0) is 17.2. The molecule has 2 N–H and O–H groups in total. The minimum absolute atomic E-state index is 0.0657. The second-order valence-corrected chi connectivity index (χ2v) is 6.92. The first-order valence-electron chi connectivity index (χ1n) is 8.49. The summed E-state index contributed by atoms with van der Waals surface area (Å²) in [7, 11) is 0. The van der Waals surface area contributed by atoms with E-state index in [4.69, 9.17) is 0 Å². The molecule has 0 spiro atoms. The van der Waals surface area contributed by atoms with E-state index in [0.29, 0.717) is 12.5 Å². The van der Waals surface area contributed by atoms with Crippen molar-refractivity contribution in [3.8, 4) is 11.8 Å². The SMILES string of the molecule is C[C@@](C#N)(NC(=O)CN1CCN(c2ccc(O)cc2)CC1)C1CC1. The zero-order valence-electron chi connectivity index (χ0n) is 14.0. The minimum atomic E-state index is -0.717. The number of nitrogens with one attached hydrogen (secondary N) is 1. The second kappa shape index (κ2) is 6.70. The van der Waals surface area contributed by atoms with Crippen molar-refractivity contribution in [2.45, 2.75) is 25.3 Å². The Labute approximate surface area is 142 Å². The molecular formula is C18H24N4O2. The third-order valence-electron chi connectivity index (χ3n) is 4.98. The van der Waals surface area contributed by atoms with Gasteiger partial charge in [0, 0.05) is 31.9 Å². The van der Waals surface area contributed by atoms with Gasteiger partial charge in [0.25, 0.3) is 0 Å². The van der Waals surface area contributed by atoms with Crippen LogP contribution in [0.15, 0.2) is 24.3 Å². The summed E-state index contributed by atoms with van der Waals surface area (Å²) in [5, 5.41) is 21.6. The number of carbonyl (C=O) groups excluding carboxylic acids is 1. The van der Waals surface area contributed by atoms with Crippen molar-refractivity contribution in [2.75, 3.05) is 37.6 Å². The molecule has 2 aliphatic rings. The highest BCUT2D eigenvalue weighted by Crippen LogP contribution is 2.39. The molecule has 0 unspecified atom stereocenters. The lowest BCUT2D eigenvalue weighted by molar-refractivity contribution is -0.123. The molecule has 0 radical (unpaired) electrons. The van der Waals surface area contributed by atoms with E-state index < -0.39 is 5.54 Å². The number of rotatable bonds is 5. The van der Waals surface area contributed by atoms with E-state index in [1.807, 2.05) is 19.1 Å². The van der Waals surface area contributed by atoms with Crippen LogP contribution in [-0.2, 0) is 4.79 Å². The number of nitrogens with zero attached hydrogens (tertiary/aromatic N) is 3. The largest absolute Gasteiger partial charge is 0.508 e. The van der Waals surface area contributed by atoms with Crippen LogP contribution in [0, 0.1) is 17.2 Å². The van der Waals surface area contributed by atoms with Gasteiger partial charge in [-0.1, -0.05) is 0 Å². The number of amides is 1. The Morgan fingerprint density at radius 2 is 1.92 bits per heavy atom. The molecule has 1 heterocycles. The van der Waals surface area contributed by atoms with Gasteiger partial charge in [-0.25, -0.2) is 0 Å². The van der Waals surface area contributed by atoms with Crippen LogP contribution in [0.5, 0.6) is 5.75 Å². The molecule has 1 aromatic carbocycles. The van der Waals surface area contributed by atoms with Crippen LogP contribution in [0.1, 0.15) is 19.8 Å². The summed E-state index contributed by atoms with van der Waals surface area (Å²) in [6, 6.07) is 9.46. The van der Waals surface area contributed by atoms with Gasteiger partial charge in [0.1, 0.15) is 11.3 Å². The number of carbonyl (C=O) groups is 1. The second-order valence-electron chi connectivity index (χ2n) is 6.92. The van der Waals surface area contributed by atoms with Crippen molar-refractivity contribution in [2.24, 2.45) is 5.92 Å². The third kappa shape index (κ3) is 3.80. The molecule has 6 nitrogen and oxygen atoms in total. The van der Waals surface area contributed by atoms with Crippen LogP contribution in [-0.4, -0.2) is 54.2 Å². The number of aromatic hydroxyl groups is 1. The van der Waals surface area contributed by atoms with E-state index in [-0.39, 0.29) is 11.7 Å². The lowest BCUT2D eigenvalue weighted by Crippen LogP contribution is -2.53. The highest BCUT2D eigenvalue weighted by atomic mass is 16.3. The number of phenols is 1. The summed E-state index contributed by atoms with van der Waals surface area (Å²) in [5.74, 6) is 0.507. The van der Waals surface area contributed by atoms with Gasteiger partial charge < -0.3 is 15.3 Å². The molecule has 1 saturated heterocycles. The van der Waals surface area contributed by atoms with Crippen molar-refractivity contribution in [1.29, 1.82) is 5.26 Å². The first-order chi connectivity index (χ1) is 11.5. The molecule has 3 rings (SSSR count). The molecular weight excluding hydrogens is 304 g/mol. The number of piperazine rings is 1. The number of nitriles is 1. The molecule has 24 heavy (non-hydrogen) atoms. The quantitative estimate of drug-likeness (QED) is 0.852. The van der Waals surface area contributed by atoms with Crippen LogP contribution in [0.2, 0.25) is 0 Å². The topological polar surface area (TPSA) is 79.6 Å². The van der Waals surface area contributed by atoms with Crippen LogP contribution >= 0.6 is 0 Å². The predicted molar refractivity (Wildman–Crippen MR) is 91.6 cm³/mol. The molecule has 0 aromatic heterocycles. The molecule has 1 saturated carbocycles. The van der Waals surface area contributed by atoms with Gasteiger partial charge >= 0.3 is 0 Å². The summed E-state index contributed by atoms with van der Waals surface area (Å²) < 4.78 is 0. The Kier molecular flexibility index (Phi) is 4.63. The van der Waals surface area contributed by atoms with Crippen molar-refractivity contribution >= 4 is 11.6 Å². The number of anilines is 1. The number of hydrogen-bond acceptors (Lipinski definition) is 5. The monoisotopic (exact) mass is 328 g/mol. The Morgan fingerprint density at radius 1 is 1.29 bits per heavy atom. The van der Waals surface area contributed by atoms with Crippen molar-refractivity contribution in [3.63, 3.8) is 0 Å². The third-order valence-corrected chi connectivity index (χ3v) is 4.98. The number of benzene rings is 1. The average molecular weight is 328 g/mol. The molecule has 0 bridgehead atoms. The van der Waals surface area contributed by atoms with Gasteiger partial charge in [-0.15, -0.1) is 0 Å². The van der Waals surface area contributed by atoms with Crippen LogP contribution < -0.4 is 10.2 Å². The Bertz CT molecular complexity index is 627. The minimum Gasteiger partial charge on any atom is -0.508 e. The fourth-order valence-corrected chi connectivity index (χ4v) is 3.24. The standard InChI is InChI=1S/C18H24N4O2/c1-18(13-19,14-2-3-14)20-17(24)12-21-8-10-22(11-9-21)15-4-6-16(23)7-5-15/h4-7,14,23H,2-3,8-12H2,1H3,(H,20,24)/t18-/m0/s1. The van der Waals surface area contributed by atoms with Crippen LogP contribution in [0.4, 0.5) is 5.69 Å².